The molecule has 5 N–H and O–H groups in total. The van der Waals surface area contributed by atoms with Crippen molar-refractivity contribution in [1.82, 2.24) is 20.6 Å². The first-order chi connectivity index (χ1) is 19.2. The Morgan fingerprint density at radius 2 is 1.85 bits per heavy atom. The maximum Gasteiger partial charge on any atom is 0.282 e. The largest absolute Gasteiger partial charge is 0.392 e. The third-order valence-electron chi connectivity index (χ3n) is 8.81. The second-order valence-electron chi connectivity index (χ2n) is 12.2. The number of nitrogens with one attached hydrogen (secondary N) is 2. The van der Waals surface area contributed by atoms with Crippen LogP contribution in [-0.4, -0.2) is 27.1 Å². The van der Waals surface area contributed by atoms with Gasteiger partial charge in [-0.05, 0) is 59.1 Å². The number of hydrogen-bond acceptors (Lipinski definition) is 6. The number of aliphatic hydroxyl groups excluding tert-OH is 1. The zero-order valence-corrected chi connectivity index (χ0v) is 23.1. The van der Waals surface area contributed by atoms with Crippen LogP contribution in [0.15, 0.2) is 71.7 Å². The standard InChI is InChI=1S/C32H36FN5O2/c1-32(2,3)21-12-20-16-35-38(31(40)28(20)26(33)15-21)27-11-7-10-22(25(27)17-39)19-13-23(18-8-5-4-6-9-18)29-24(14-19)30(34)37-36-29/h4-12,15-16,19,23-24,29-30,36-37,39H,13-14,17,34H2,1-3H3. The SMILES string of the molecule is CC(C)(C)c1cc(F)c2c(=O)n(-c3cccc(C4CC(c5ccccc5)C5NNC(N)C5C4)c3CO)ncc2c1. The van der Waals surface area contributed by atoms with Crippen LogP contribution in [0.5, 0.6) is 0 Å². The smallest absolute Gasteiger partial charge is 0.282 e. The van der Waals surface area contributed by atoms with Crippen LogP contribution in [0.25, 0.3) is 16.5 Å². The summed E-state index contributed by atoms with van der Waals surface area (Å²) in [5.41, 5.74) is 16.4. The summed E-state index contributed by atoms with van der Waals surface area (Å²) < 4.78 is 16.6. The normalized spacial score (nSPS) is 24.8. The molecule has 5 unspecified atom stereocenters. The molecule has 1 saturated carbocycles. The molecule has 40 heavy (non-hydrogen) atoms. The van der Waals surface area contributed by atoms with Gasteiger partial charge in [0.15, 0.2) is 0 Å². The highest BCUT2D eigenvalue weighted by Gasteiger charge is 2.45. The molecule has 1 aliphatic carbocycles. The molecule has 7 nitrogen and oxygen atoms in total. The molecule has 4 aromatic rings. The van der Waals surface area contributed by atoms with Crippen molar-refractivity contribution in [3.8, 4) is 5.69 Å². The summed E-state index contributed by atoms with van der Waals surface area (Å²) in [6, 6.07) is 19.6. The molecule has 5 atom stereocenters. The van der Waals surface area contributed by atoms with E-state index in [-0.39, 0.29) is 47.4 Å². The van der Waals surface area contributed by atoms with Gasteiger partial charge >= 0.3 is 0 Å². The van der Waals surface area contributed by atoms with Crippen molar-refractivity contribution < 1.29 is 9.50 Å². The minimum absolute atomic E-state index is 0.00368. The van der Waals surface area contributed by atoms with Gasteiger partial charge in [0, 0.05) is 28.8 Å². The molecule has 0 radical (unpaired) electrons. The lowest BCUT2D eigenvalue weighted by molar-refractivity contribution is 0.240. The predicted molar refractivity (Wildman–Crippen MR) is 155 cm³/mol. The van der Waals surface area contributed by atoms with Crippen LogP contribution in [0.4, 0.5) is 4.39 Å². The molecule has 1 aliphatic heterocycles. The number of nitrogens with two attached hydrogens (primary N) is 1. The lowest BCUT2D eigenvalue weighted by atomic mass is 9.67. The van der Waals surface area contributed by atoms with E-state index in [1.165, 1.54) is 22.5 Å². The van der Waals surface area contributed by atoms with E-state index in [1.807, 2.05) is 45.0 Å². The van der Waals surface area contributed by atoms with E-state index < -0.39 is 11.4 Å². The topological polar surface area (TPSA) is 105 Å². The Balaban J connectivity index is 1.44. The molecular formula is C32H36FN5O2. The molecule has 8 heteroatoms. The summed E-state index contributed by atoms with van der Waals surface area (Å²) in [4.78, 5) is 13.6. The van der Waals surface area contributed by atoms with Crippen molar-refractivity contribution in [3.63, 3.8) is 0 Å². The summed E-state index contributed by atoms with van der Waals surface area (Å²) in [5, 5.41) is 15.5. The average molecular weight is 542 g/mol. The third kappa shape index (κ3) is 4.55. The Kier molecular flexibility index (Phi) is 6.82. The van der Waals surface area contributed by atoms with Crippen LogP contribution in [0.2, 0.25) is 0 Å². The molecule has 0 amide bonds. The predicted octanol–water partition coefficient (Wildman–Crippen LogP) is 4.35. The number of aromatic nitrogens is 2. The first-order valence-electron chi connectivity index (χ1n) is 13.9. The number of hydrogen-bond donors (Lipinski definition) is 4. The van der Waals surface area contributed by atoms with Crippen LogP contribution in [0.3, 0.4) is 0 Å². The second kappa shape index (κ2) is 10.2. The maximum atomic E-state index is 15.3. The molecule has 3 aromatic carbocycles. The minimum Gasteiger partial charge on any atom is -0.392 e. The van der Waals surface area contributed by atoms with E-state index in [2.05, 4.69) is 40.2 Å². The molecule has 0 bridgehead atoms. The Labute approximate surface area is 233 Å². The highest BCUT2D eigenvalue weighted by atomic mass is 19.1. The van der Waals surface area contributed by atoms with Crippen molar-refractivity contribution in [2.45, 2.75) is 69.7 Å². The number of hydrazine groups is 1. The number of fused-ring (bicyclic) bond motifs is 2. The van der Waals surface area contributed by atoms with Crippen molar-refractivity contribution in [3.05, 3.63) is 105 Å². The quantitative estimate of drug-likeness (QED) is 0.306. The van der Waals surface area contributed by atoms with Crippen molar-refractivity contribution in [2.24, 2.45) is 11.7 Å². The zero-order valence-electron chi connectivity index (χ0n) is 23.1. The fourth-order valence-electron chi connectivity index (χ4n) is 6.68. The van der Waals surface area contributed by atoms with Crippen molar-refractivity contribution in [1.29, 1.82) is 0 Å². The van der Waals surface area contributed by atoms with Gasteiger partial charge in [-0.2, -0.15) is 9.78 Å². The van der Waals surface area contributed by atoms with Crippen LogP contribution >= 0.6 is 0 Å². The van der Waals surface area contributed by atoms with Gasteiger partial charge in [0.05, 0.1) is 30.0 Å². The minimum atomic E-state index is -0.565. The monoisotopic (exact) mass is 541 g/mol. The molecule has 1 saturated heterocycles. The fraction of sp³-hybridized carbons (Fsp3) is 0.375. The highest BCUT2D eigenvalue weighted by molar-refractivity contribution is 5.82. The van der Waals surface area contributed by atoms with E-state index >= 15 is 4.39 Å². The molecule has 0 spiro atoms. The summed E-state index contributed by atoms with van der Waals surface area (Å²) in [6.45, 7) is 5.73. The number of aliphatic hydroxyl groups is 1. The van der Waals surface area contributed by atoms with Gasteiger partial charge in [-0.25, -0.2) is 9.82 Å². The Bertz CT molecular complexity index is 1610. The van der Waals surface area contributed by atoms with Gasteiger partial charge in [-0.1, -0.05) is 63.2 Å². The van der Waals surface area contributed by atoms with E-state index in [4.69, 9.17) is 5.73 Å². The van der Waals surface area contributed by atoms with Gasteiger partial charge in [-0.15, -0.1) is 0 Å². The van der Waals surface area contributed by atoms with Crippen LogP contribution in [-0.2, 0) is 12.0 Å². The number of rotatable bonds is 4. The van der Waals surface area contributed by atoms with Crippen molar-refractivity contribution in [2.75, 3.05) is 0 Å². The number of nitrogens with zero attached hydrogens (tertiary/aromatic N) is 2. The van der Waals surface area contributed by atoms with Gasteiger partial charge in [-0.3, -0.25) is 10.2 Å². The highest BCUT2D eigenvalue weighted by Crippen LogP contribution is 2.47. The molecule has 6 rings (SSSR count). The average Bonchev–Trinajstić information content (AvgIpc) is 3.32. The fourth-order valence-corrected chi connectivity index (χ4v) is 6.68. The van der Waals surface area contributed by atoms with Crippen LogP contribution in [0.1, 0.15) is 67.7 Å². The molecular weight excluding hydrogens is 505 g/mol. The van der Waals surface area contributed by atoms with E-state index in [0.717, 1.165) is 24.0 Å². The number of benzene rings is 3. The van der Waals surface area contributed by atoms with Gasteiger partial charge in [0.1, 0.15) is 5.82 Å². The summed E-state index contributed by atoms with van der Waals surface area (Å²) in [6.07, 6.45) is 3.03. The Hall–Kier alpha value is -3.43. The second-order valence-corrected chi connectivity index (χ2v) is 12.2. The Morgan fingerprint density at radius 3 is 2.58 bits per heavy atom. The lowest BCUT2D eigenvalue weighted by Crippen LogP contribution is -2.42. The summed E-state index contributed by atoms with van der Waals surface area (Å²) >= 11 is 0. The molecule has 2 aliphatic rings. The van der Waals surface area contributed by atoms with Gasteiger partial charge in [0.2, 0.25) is 0 Å². The third-order valence-corrected chi connectivity index (χ3v) is 8.81. The first kappa shape index (κ1) is 26.8. The first-order valence-corrected chi connectivity index (χ1v) is 13.9. The van der Waals surface area contributed by atoms with Gasteiger partial charge in [0.25, 0.3) is 5.56 Å². The summed E-state index contributed by atoms with van der Waals surface area (Å²) in [7, 11) is 0. The molecule has 208 valence electrons. The maximum absolute atomic E-state index is 15.3. The van der Waals surface area contributed by atoms with E-state index in [0.29, 0.717) is 16.6 Å². The van der Waals surface area contributed by atoms with E-state index in [9.17, 15) is 9.90 Å². The van der Waals surface area contributed by atoms with E-state index in [1.54, 1.807) is 6.07 Å². The molecule has 1 aromatic heterocycles. The lowest BCUT2D eigenvalue weighted by Gasteiger charge is -2.40. The van der Waals surface area contributed by atoms with Gasteiger partial charge < -0.3 is 10.8 Å². The van der Waals surface area contributed by atoms with Crippen LogP contribution in [0, 0.1) is 11.7 Å². The Morgan fingerprint density at radius 1 is 1.07 bits per heavy atom. The number of halogens is 1. The summed E-state index contributed by atoms with van der Waals surface area (Å²) in [5.74, 6) is -0.0614. The molecule has 2 heterocycles. The zero-order chi connectivity index (χ0) is 28.2. The van der Waals surface area contributed by atoms with Crippen molar-refractivity contribution >= 4 is 10.8 Å². The molecule has 2 fully saturated rings. The van der Waals surface area contributed by atoms with Crippen LogP contribution < -0.4 is 22.1 Å².